The van der Waals surface area contributed by atoms with Gasteiger partial charge in [0.05, 0.1) is 12.6 Å². The van der Waals surface area contributed by atoms with Crippen LogP contribution in [-0.4, -0.2) is 53.5 Å². The van der Waals surface area contributed by atoms with E-state index >= 15 is 0 Å². The molecular weight excluding hydrogens is 421 g/mol. The Bertz CT molecular complexity index is 1100. The van der Waals surface area contributed by atoms with Crippen LogP contribution in [0.2, 0.25) is 0 Å². The Morgan fingerprint density at radius 2 is 1.87 bits per heavy atom. The van der Waals surface area contributed by atoms with Crippen molar-refractivity contribution < 1.29 is 17.6 Å². The fourth-order valence-electron chi connectivity index (χ4n) is 4.17. The van der Waals surface area contributed by atoms with Crippen LogP contribution < -0.4 is 4.90 Å². The van der Waals surface area contributed by atoms with Gasteiger partial charge in [-0.05, 0) is 43.9 Å². The van der Waals surface area contributed by atoms with Gasteiger partial charge in [-0.3, -0.25) is 9.69 Å². The van der Waals surface area contributed by atoms with Crippen molar-refractivity contribution in [3.05, 3.63) is 52.7 Å². The number of carbonyl (C=O) groups excluding carboxylic acids is 1. The summed E-state index contributed by atoms with van der Waals surface area (Å²) >= 11 is 0. The molecule has 0 N–H and O–H groups in total. The fraction of sp³-hybridized carbons (Fsp3) is 0.476. The average Bonchev–Trinajstić information content (AvgIpc) is 3.22. The molecule has 4 rings (SSSR count). The lowest BCUT2D eigenvalue weighted by atomic mass is 10.0. The quantitative estimate of drug-likeness (QED) is 0.702. The molecular formula is C21H26FN5O3S. The van der Waals surface area contributed by atoms with E-state index in [2.05, 4.69) is 4.98 Å². The van der Waals surface area contributed by atoms with Crippen molar-refractivity contribution in [1.82, 2.24) is 18.6 Å². The molecule has 10 heteroatoms. The Morgan fingerprint density at radius 1 is 1.16 bits per heavy atom. The van der Waals surface area contributed by atoms with Crippen LogP contribution in [0.5, 0.6) is 0 Å². The first-order valence-electron chi connectivity index (χ1n) is 10.3. The van der Waals surface area contributed by atoms with Gasteiger partial charge in [-0.1, -0.05) is 12.1 Å². The lowest BCUT2D eigenvalue weighted by molar-refractivity contribution is -0.119. The molecule has 1 aromatic carbocycles. The molecule has 1 amide bonds. The van der Waals surface area contributed by atoms with Gasteiger partial charge in [0.1, 0.15) is 17.5 Å². The minimum absolute atomic E-state index is 0.0648. The van der Waals surface area contributed by atoms with E-state index in [9.17, 15) is 17.6 Å². The third-order valence-electron chi connectivity index (χ3n) is 5.87. The first-order valence-corrected chi connectivity index (χ1v) is 11.7. The molecule has 8 nitrogen and oxygen atoms in total. The van der Waals surface area contributed by atoms with Crippen molar-refractivity contribution in [1.29, 1.82) is 0 Å². The molecule has 1 aromatic heterocycles. The summed E-state index contributed by atoms with van der Waals surface area (Å²) < 4.78 is 41.5. The topological polar surface area (TPSA) is 86.7 Å². The van der Waals surface area contributed by atoms with Gasteiger partial charge in [-0.25, -0.2) is 14.4 Å². The lowest BCUT2D eigenvalue weighted by Gasteiger charge is -2.31. The number of aromatic nitrogens is 2. The van der Waals surface area contributed by atoms with Crippen LogP contribution in [0.1, 0.15) is 47.9 Å². The molecule has 1 fully saturated rings. The number of nitrogens with zero attached hydrogens (tertiary/aromatic N) is 5. The molecule has 1 saturated heterocycles. The third kappa shape index (κ3) is 4.07. The minimum atomic E-state index is -3.61. The highest BCUT2D eigenvalue weighted by molar-refractivity contribution is 7.86. The first-order chi connectivity index (χ1) is 14.7. The maximum Gasteiger partial charge on any atom is 0.282 e. The predicted octanol–water partition coefficient (Wildman–Crippen LogP) is 2.35. The van der Waals surface area contributed by atoms with E-state index in [1.54, 1.807) is 17.0 Å². The van der Waals surface area contributed by atoms with Crippen molar-refractivity contribution in [2.45, 2.75) is 45.2 Å². The normalized spacial score (nSPS) is 19.8. The van der Waals surface area contributed by atoms with Crippen LogP contribution >= 0.6 is 0 Å². The number of aryl methyl sites for hydroxylation is 1. The zero-order chi connectivity index (χ0) is 22.3. The van der Waals surface area contributed by atoms with Gasteiger partial charge < -0.3 is 0 Å². The summed E-state index contributed by atoms with van der Waals surface area (Å²) in [6.07, 6.45) is 2.24. The number of hydrogen-bond acceptors (Lipinski definition) is 5. The van der Waals surface area contributed by atoms with E-state index in [1.165, 1.54) is 34.8 Å². The zero-order valence-corrected chi connectivity index (χ0v) is 18.7. The number of rotatable bonds is 5. The Balaban J connectivity index is 1.73. The van der Waals surface area contributed by atoms with E-state index in [0.29, 0.717) is 37.4 Å². The number of amides is 1. The first kappa shape index (κ1) is 21.8. The number of anilines is 1. The standard InChI is InChI=1S/C21H26FN5O3S/c1-14-17-10-11-19(28)26(13-15-6-8-16(22)9-7-15)21(17)24-20(23-14)18-5-4-12-27(18)31(29,30)25(2)3/h6-9,18H,4-5,10-13H2,1-3H3/t18-/m0/s1. The molecule has 2 aliphatic heterocycles. The van der Waals surface area contributed by atoms with Crippen LogP contribution in [0, 0.1) is 12.7 Å². The van der Waals surface area contributed by atoms with E-state index < -0.39 is 16.3 Å². The van der Waals surface area contributed by atoms with Gasteiger partial charge in [-0.15, -0.1) is 0 Å². The molecule has 0 unspecified atom stereocenters. The van der Waals surface area contributed by atoms with E-state index in [1.807, 2.05) is 6.92 Å². The summed E-state index contributed by atoms with van der Waals surface area (Å²) in [5, 5.41) is 0. The SMILES string of the molecule is Cc1nc([C@@H]2CCCN2S(=O)(=O)N(C)C)nc2c1CCC(=O)N2Cc1ccc(F)cc1. The fourth-order valence-corrected chi connectivity index (χ4v) is 5.47. The monoisotopic (exact) mass is 447 g/mol. The summed E-state index contributed by atoms with van der Waals surface area (Å²) in [6, 6.07) is 5.55. The van der Waals surface area contributed by atoms with Gasteiger partial charge in [0, 0.05) is 38.3 Å². The van der Waals surface area contributed by atoms with Crippen molar-refractivity contribution in [2.24, 2.45) is 0 Å². The average molecular weight is 448 g/mol. The number of benzene rings is 1. The third-order valence-corrected chi connectivity index (χ3v) is 7.82. The van der Waals surface area contributed by atoms with Crippen molar-refractivity contribution in [3.63, 3.8) is 0 Å². The summed E-state index contributed by atoms with van der Waals surface area (Å²) in [6.45, 7) is 2.55. The van der Waals surface area contributed by atoms with Crippen molar-refractivity contribution in [2.75, 3.05) is 25.5 Å². The second kappa shape index (κ2) is 8.25. The number of fused-ring (bicyclic) bond motifs is 1. The molecule has 0 radical (unpaired) electrons. The van der Waals surface area contributed by atoms with Crippen LogP contribution in [0.15, 0.2) is 24.3 Å². The van der Waals surface area contributed by atoms with Crippen LogP contribution in [0.3, 0.4) is 0 Å². The number of carbonyl (C=O) groups is 1. The van der Waals surface area contributed by atoms with Crippen LogP contribution in [-0.2, 0) is 28.0 Å². The molecule has 2 aromatic rings. The molecule has 0 bridgehead atoms. The summed E-state index contributed by atoms with van der Waals surface area (Å²) in [5.74, 6) is 0.540. The predicted molar refractivity (Wildman–Crippen MR) is 114 cm³/mol. The molecule has 1 atom stereocenters. The molecule has 3 heterocycles. The van der Waals surface area contributed by atoms with Gasteiger partial charge in [0.15, 0.2) is 0 Å². The number of halogens is 1. The summed E-state index contributed by atoms with van der Waals surface area (Å²) in [7, 11) is -0.601. The second-order valence-electron chi connectivity index (χ2n) is 8.13. The molecule has 2 aliphatic rings. The molecule has 0 saturated carbocycles. The van der Waals surface area contributed by atoms with Gasteiger partial charge in [0.25, 0.3) is 10.2 Å². The van der Waals surface area contributed by atoms with Gasteiger partial charge in [0.2, 0.25) is 5.91 Å². The summed E-state index contributed by atoms with van der Waals surface area (Å²) in [5.41, 5.74) is 2.44. The number of hydrogen-bond donors (Lipinski definition) is 0. The largest absolute Gasteiger partial charge is 0.292 e. The van der Waals surface area contributed by atoms with Crippen molar-refractivity contribution >= 4 is 21.9 Å². The molecule has 0 spiro atoms. The van der Waals surface area contributed by atoms with Crippen LogP contribution in [0.25, 0.3) is 0 Å². The molecule has 0 aliphatic carbocycles. The van der Waals surface area contributed by atoms with Crippen molar-refractivity contribution in [3.8, 4) is 0 Å². The highest BCUT2D eigenvalue weighted by atomic mass is 32.2. The lowest BCUT2D eigenvalue weighted by Crippen LogP contribution is -2.40. The summed E-state index contributed by atoms with van der Waals surface area (Å²) in [4.78, 5) is 23.7. The molecule has 31 heavy (non-hydrogen) atoms. The van der Waals surface area contributed by atoms with E-state index in [-0.39, 0.29) is 18.3 Å². The smallest absolute Gasteiger partial charge is 0.282 e. The zero-order valence-electron chi connectivity index (χ0n) is 17.9. The maximum atomic E-state index is 13.3. The van der Waals surface area contributed by atoms with Gasteiger partial charge >= 0.3 is 0 Å². The minimum Gasteiger partial charge on any atom is -0.292 e. The highest BCUT2D eigenvalue weighted by Gasteiger charge is 2.39. The Morgan fingerprint density at radius 3 is 2.55 bits per heavy atom. The molecule has 166 valence electrons. The second-order valence-corrected chi connectivity index (χ2v) is 10.2. The van der Waals surface area contributed by atoms with Crippen LogP contribution in [0.4, 0.5) is 10.2 Å². The van der Waals surface area contributed by atoms with Gasteiger partial charge in [-0.2, -0.15) is 17.0 Å². The maximum absolute atomic E-state index is 13.3. The highest BCUT2D eigenvalue weighted by Crippen LogP contribution is 2.36. The Kier molecular flexibility index (Phi) is 5.80. The Labute approximate surface area is 181 Å². The van der Waals surface area contributed by atoms with E-state index in [4.69, 9.17) is 4.98 Å². The Hall–Kier alpha value is -2.43. The van der Waals surface area contributed by atoms with E-state index in [0.717, 1.165) is 23.2 Å².